The number of carbonyl (C=O) groups excluding carboxylic acids is 2. The number of nitrogens with one attached hydrogen (secondary N) is 3. The molecule has 3 atom stereocenters. The van der Waals surface area contributed by atoms with Gasteiger partial charge in [-0.25, -0.2) is 0 Å². The molecule has 0 unspecified atom stereocenters. The van der Waals surface area contributed by atoms with E-state index in [0.717, 1.165) is 16.8 Å². The van der Waals surface area contributed by atoms with Crippen LogP contribution in [0, 0.1) is 12.8 Å². The number of amides is 2. The summed E-state index contributed by atoms with van der Waals surface area (Å²) in [6.45, 7) is 3.97. The third-order valence-electron chi connectivity index (χ3n) is 5.77. The van der Waals surface area contributed by atoms with E-state index in [1.54, 1.807) is 32.4 Å². The predicted molar refractivity (Wildman–Crippen MR) is 110 cm³/mol. The average Bonchev–Trinajstić information content (AvgIpc) is 3.19. The van der Waals surface area contributed by atoms with Crippen molar-refractivity contribution in [2.45, 2.75) is 31.8 Å². The van der Waals surface area contributed by atoms with E-state index in [-0.39, 0.29) is 17.9 Å². The Bertz CT molecular complexity index is 990. The van der Waals surface area contributed by atoms with Crippen molar-refractivity contribution >= 4 is 23.2 Å². The molecule has 2 aromatic carbocycles. The van der Waals surface area contributed by atoms with E-state index >= 15 is 0 Å². The number of methoxy groups -OCH3 is 2. The molecule has 2 amide bonds. The van der Waals surface area contributed by atoms with Crippen molar-refractivity contribution < 1.29 is 19.1 Å². The van der Waals surface area contributed by atoms with Gasteiger partial charge in [0.15, 0.2) is 0 Å². The van der Waals surface area contributed by atoms with Gasteiger partial charge in [0, 0.05) is 23.4 Å². The van der Waals surface area contributed by atoms with Crippen LogP contribution in [0.25, 0.3) is 0 Å². The van der Waals surface area contributed by atoms with Crippen molar-refractivity contribution in [3.63, 3.8) is 0 Å². The molecule has 1 fully saturated rings. The van der Waals surface area contributed by atoms with Gasteiger partial charge in [-0.15, -0.1) is 0 Å². The number of benzene rings is 2. The van der Waals surface area contributed by atoms with Crippen LogP contribution in [0.5, 0.6) is 11.5 Å². The molecule has 2 aliphatic rings. The van der Waals surface area contributed by atoms with E-state index in [4.69, 9.17) is 9.47 Å². The van der Waals surface area contributed by atoms with Crippen molar-refractivity contribution in [1.82, 2.24) is 5.32 Å². The Hall–Kier alpha value is -3.06. The molecule has 2 aromatic rings. The lowest BCUT2D eigenvalue weighted by Crippen LogP contribution is -2.52. The molecule has 2 aliphatic heterocycles. The minimum absolute atomic E-state index is 0.00941. The number of carbonyl (C=O) groups is 2. The molecule has 4 rings (SSSR count). The molecule has 7 nitrogen and oxygen atoms in total. The maximum absolute atomic E-state index is 13.4. The monoisotopic (exact) mass is 395 g/mol. The average molecular weight is 395 g/mol. The van der Waals surface area contributed by atoms with Gasteiger partial charge >= 0.3 is 0 Å². The lowest BCUT2D eigenvalue weighted by Gasteiger charge is -2.29. The van der Waals surface area contributed by atoms with Gasteiger partial charge < -0.3 is 20.1 Å². The first-order chi connectivity index (χ1) is 13.9. The number of fused-ring (bicyclic) bond motifs is 2. The Balaban J connectivity index is 1.73. The molecule has 0 radical (unpaired) electrons. The number of aryl methyl sites for hydroxylation is 1. The van der Waals surface area contributed by atoms with Crippen LogP contribution >= 0.6 is 0 Å². The number of rotatable bonds is 4. The number of anilines is 2. The van der Waals surface area contributed by atoms with E-state index in [1.807, 2.05) is 32.0 Å². The van der Waals surface area contributed by atoms with E-state index < -0.39 is 11.5 Å². The normalized spacial score (nSPS) is 24.9. The highest BCUT2D eigenvalue weighted by Crippen LogP contribution is 2.47. The molecule has 0 aromatic heterocycles. The second-order valence-corrected chi connectivity index (χ2v) is 7.70. The maximum Gasteiger partial charge on any atom is 0.250 e. The van der Waals surface area contributed by atoms with Crippen molar-refractivity contribution in [2.24, 2.45) is 5.92 Å². The zero-order valence-corrected chi connectivity index (χ0v) is 17.0. The smallest absolute Gasteiger partial charge is 0.250 e. The second-order valence-electron chi connectivity index (χ2n) is 7.70. The van der Waals surface area contributed by atoms with E-state index in [2.05, 4.69) is 16.0 Å². The summed E-state index contributed by atoms with van der Waals surface area (Å²) in [7, 11) is 3.11. The molecular formula is C22H25N3O4. The SMILES string of the molecule is COc1ccc(OC)c(NC(=O)[C@H]2C[C@H](C)N[C@]23C(=O)Nc2ccc(C)cc23)c1. The minimum Gasteiger partial charge on any atom is -0.497 e. The summed E-state index contributed by atoms with van der Waals surface area (Å²) in [5.41, 5.74) is 2.03. The van der Waals surface area contributed by atoms with Gasteiger partial charge in [0.05, 0.1) is 25.8 Å². The van der Waals surface area contributed by atoms with Gasteiger partial charge in [-0.3, -0.25) is 14.9 Å². The number of ether oxygens (including phenoxy) is 2. The van der Waals surface area contributed by atoms with Crippen LogP contribution in [-0.2, 0) is 15.1 Å². The van der Waals surface area contributed by atoms with Crippen LogP contribution in [0.4, 0.5) is 11.4 Å². The van der Waals surface area contributed by atoms with Crippen molar-refractivity contribution in [2.75, 3.05) is 24.9 Å². The first-order valence-electron chi connectivity index (χ1n) is 9.62. The molecule has 1 saturated heterocycles. The first-order valence-corrected chi connectivity index (χ1v) is 9.62. The van der Waals surface area contributed by atoms with E-state index in [1.165, 1.54) is 0 Å². The third-order valence-corrected chi connectivity index (χ3v) is 5.77. The van der Waals surface area contributed by atoms with Crippen LogP contribution in [0.1, 0.15) is 24.5 Å². The highest BCUT2D eigenvalue weighted by molar-refractivity contribution is 6.10. The summed E-state index contributed by atoms with van der Waals surface area (Å²) in [6, 6.07) is 11.0. The van der Waals surface area contributed by atoms with Crippen molar-refractivity contribution in [3.05, 3.63) is 47.5 Å². The number of hydrogen-bond donors (Lipinski definition) is 3. The Morgan fingerprint density at radius 3 is 2.69 bits per heavy atom. The summed E-state index contributed by atoms with van der Waals surface area (Å²) >= 11 is 0. The molecule has 2 heterocycles. The zero-order chi connectivity index (χ0) is 20.8. The largest absolute Gasteiger partial charge is 0.497 e. The fraction of sp³-hybridized carbons (Fsp3) is 0.364. The van der Waals surface area contributed by atoms with Crippen LogP contribution in [0.3, 0.4) is 0 Å². The summed E-state index contributed by atoms with van der Waals surface area (Å²) < 4.78 is 10.6. The third kappa shape index (κ3) is 3.02. The Labute approximate surface area is 169 Å². The summed E-state index contributed by atoms with van der Waals surface area (Å²) in [6.07, 6.45) is 0.541. The van der Waals surface area contributed by atoms with Gasteiger partial charge in [-0.05, 0) is 38.5 Å². The minimum atomic E-state index is -1.09. The second kappa shape index (κ2) is 7.08. The van der Waals surface area contributed by atoms with Crippen molar-refractivity contribution in [1.29, 1.82) is 0 Å². The van der Waals surface area contributed by atoms with Crippen molar-refractivity contribution in [3.8, 4) is 11.5 Å². The lowest BCUT2D eigenvalue weighted by atomic mass is 9.79. The topological polar surface area (TPSA) is 88.7 Å². The first kappa shape index (κ1) is 19.3. The molecule has 0 bridgehead atoms. The number of hydrogen-bond acceptors (Lipinski definition) is 5. The summed E-state index contributed by atoms with van der Waals surface area (Å²) in [5.74, 6) is 0.127. The highest BCUT2D eigenvalue weighted by Gasteiger charge is 2.59. The zero-order valence-electron chi connectivity index (χ0n) is 17.0. The van der Waals surface area contributed by atoms with Gasteiger partial charge in [-0.2, -0.15) is 0 Å². The molecular weight excluding hydrogens is 370 g/mol. The highest BCUT2D eigenvalue weighted by atomic mass is 16.5. The van der Waals surface area contributed by atoms with Crippen LogP contribution < -0.4 is 25.4 Å². The standard InChI is InChI=1S/C22H25N3O4/c1-12-5-7-17-15(9-12)22(21(27)24-17)16(10-13(2)25-22)20(26)23-18-11-14(28-3)6-8-19(18)29-4/h5-9,11,13,16,25H,10H2,1-4H3,(H,23,26)(H,24,27)/t13-,16+,22-/m0/s1. The van der Waals surface area contributed by atoms with Crippen LogP contribution in [0.15, 0.2) is 36.4 Å². The van der Waals surface area contributed by atoms with Crippen LogP contribution in [-0.4, -0.2) is 32.1 Å². The summed E-state index contributed by atoms with van der Waals surface area (Å²) in [4.78, 5) is 26.5. The lowest BCUT2D eigenvalue weighted by molar-refractivity contribution is -0.130. The van der Waals surface area contributed by atoms with E-state index in [9.17, 15) is 9.59 Å². The Kier molecular flexibility index (Phi) is 4.70. The molecule has 3 N–H and O–H groups in total. The van der Waals surface area contributed by atoms with Gasteiger partial charge in [0.1, 0.15) is 17.0 Å². The van der Waals surface area contributed by atoms with Crippen LogP contribution in [0.2, 0.25) is 0 Å². The quantitative estimate of drug-likeness (QED) is 0.741. The fourth-order valence-electron chi connectivity index (χ4n) is 4.44. The Morgan fingerprint density at radius 1 is 1.17 bits per heavy atom. The maximum atomic E-state index is 13.4. The van der Waals surface area contributed by atoms with Gasteiger partial charge in [-0.1, -0.05) is 17.7 Å². The fourth-order valence-corrected chi connectivity index (χ4v) is 4.44. The Morgan fingerprint density at radius 2 is 1.97 bits per heavy atom. The van der Waals surface area contributed by atoms with Gasteiger partial charge in [0.25, 0.3) is 0 Å². The molecule has 29 heavy (non-hydrogen) atoms. The molecule has 0 aliphatic carbocycles. The molecule has 0 saturated carbocycles. The molecule has 7 heteroatoms. The van der Waals surface area contributed by atoms with E-state index in [0.29, 0.717) is 23.6 Å². The summed E-state index contributed by atoms with van der Waals surface area (Å²) in [5, 5.41) is 9.29. The molecule has 152 valence electrons. The molecule has 1 spiro atoms. The predicted octanol–water partition coefficient (Wildman–Crippen LogP) is 2.80. The van der Waals surface area contributed by atoms with Gasteiger partial charge in [0.2, 0.25) is 11.8 Å².